The van der Waals surface area contributed by atoms with Crippen LogP contribution >= 0.6 is 0 Å². The number of aromatic nitrogens is 1. The van der Waals surface area contributed by atoms with Crippen molar-refractivity contribution in [2.45, 2.75) is 6.92 Å². The fourth-order valence-electron chi connectivity index (χ4n) is 3.73. The Hall–Kier alpha value is -4.19. The lowest BCUT2D eigenvalue weighted by Gasteiger charge is -2.13. The standard InChI is InChI=1S/C25H20FN3O2/c1-3-23(30)28-21-10-6-8-15(14(21)2)16-11-12-18(25(27)31)24-19(16)13-22(29-24)17-7-4-5-9-20(17)26/h3-13,29H,1H2,2H3,(H2,27,31)(H,28,30). The molecule has 2 amide bonds. The van der Waals surface area contributed by atoms with E-state index in [1.54, 1.807) is 30.3 Å². The minimum Gasteiger partial charge on any atom is -0.366 e. The van der Waals surface area contributed by atoms with E-state index in [-0.39, 0.29) is 11.7 Å². The van der Waals surface area contributed by atoms with Gasteiger partial charge in [-0.1, -0.05) is 36.9 Å². The summed E-state index contributed by atoms with van der Waals surface area (Å²) in [5, 5.41) is 3.52. The number of hydrogen-bond acceptors (Lipinski definition) is 2. The van der Waals surface area contributed by atoms with Crippen LogP contribution in [-0.4, -0.2) is 16.8 Å². The van der Waals surface area contributed by atoms with E-state index in [0.29, 0.717) is 28.0 Å². The highest BCUT2D eigenvalue weighted by Gasteiger charge is 2.18. The number of halogens is 1. The smallest absolute Gasteiger partial charge is 0.250 e. The van der Waals surface area contributed by atoms with E-state index >= 15 is 0 Å². The van der Waals surface area contributed by atoms with Crippen LogP contribution < -0.4 is 11.1 Å². The Morgan fingerprint density at radius 3 is 2.48 bits per heavy atom. The van der Waals surface area contributed by atoms with Crippen molar-refractivity contribution < 1.29 is 14.0 Å². The van der Waals surface area contributed by atoms with Crippen molar-refractivity contribution in [2.75, 3.05) is 5.32 Å². The number of fused-ring (bicyclic) bond motifs is 1. The number of benzene rings is 3. The molecule has 4 N–H and O–H groups in total. The van der Waals surface area contributed by atoms with Gasteiger partial charge in [0.05, 0.1) is 11.1 Å². The van der Waals surface area contributed by atoms with Gasteiger partial charge in [0.1, 0.15) is 5.82 Å². The number of carbonyl (C=O) groups is 2. The van der Waals surface area contributed by atoms with Crippen LogP contribution in [0.25, 0.3) is 33.3 Å². The van der Waals surface area contributed by atoms with Gasteiger partial charge >= 0.3 is 0 Å². The van der Waals surface area contributed by atoms with Crippen LogP contribution in [-0.2, 0) is 4.79 Å². The Labute approximate surface area is 178 Å². The van der Waals surface area contributed by atoms with Gasteiger partial charge in [0.25, 0.3) is 5.91 Å². The number of rotatable bonds is 5. The number of primary amides is 1. The number of nitrogens with one attached hydrogen (secondary N) is 2. The van der Waals surface area contributed by atoms with E-state index in [0.717, 1.165) is 22.1 Å². The molecule has 4 rings (SSSR count). The summed E-state index contributed by atoms with van der Waals surface area (Å²) < 4.78 is 14.4. The van der Waals surface area contributed by atoms with E-state index in [1.165, 1.54) is 12.1 Å². The van der Waals surface area contributed by atoms with Gasteiger partial charge in [-0.25, -0.2) is 4.39 Å². The zero-order valence-electron chi connectivity index (χ0n) is 16.8. The van der Waals surface area contributed by atoms with Crippen molar-refractivity contribution >= 4 is 28.4 Å². The number of carbonyl (C=O) groups excluding carboxylic acids is 2. The van der Waals surface area contributed by atoms with Crippen LogP contribution in [0.4, 0.5) is 10.1 Å². The van der Waals surface area contributed by atoms with Crippen LogP contribution in [0.15, 0.2) is 73.3 Å². The van der Waals surface area contributed by atoms with E-state index in [2.05, 4.69) is 16.9 Å². The van der Waals surface area contributed by atoms with E-state index in [1.807, 2.05) is 31.2 Å². The zero-order chi connectivity index (χ0) is 22.1. The Morgan fingerprint density at radius 2 is 1.77 bits per heavy atom. The summed E-state index contributed by atoms with van der Waals surface area (Å²) in [6, 6.07) is 17.2. The average molecular weight is 413 g/mol. The highest BCUT2D eigenvalue weighted by atomic mass is 19.1. The average Bonchev–Trinajstić information content (AvgIpc) is 3.19. The van der Waals surface area contributed by atoms with Gasteiger partial charge in [0.15, 0.2) is 0 Å². The summed E-state index contributed by atoms with van der Waals surface area (Å²) in [5.74, 6) is -1.26. The van der Waals surface area contributed by atoms with E-state index in [9.17, 15) is 14.0 Å². The minimum absolute atomic E-state index is 0.307. The second-order valence-electron chi connectivity index (χ2n) is 7.15. The molecule has 0 spiro atoms. The largest absolute Gasteiger partial charge is 0.366 e. The minimum atomic E-state index is -0.581. The fraction of sp³-hybridized carbons (Fsp3) is 0.0400. The Kier molecular flexibility index (Phi) is 5.13. The third kappa shape index (κ3) is 3.59. The van der Waals surface area contributed by atoms with Gasteiger partial charge in [-0.2, -0.15) is 0 Å². The summed E-state index contributed by atoms with van der Waals surface area (Å²) in [7, 11) is 0. The first-order valence-corrected chi connectivity index (χ1v) is 9.64. The molecule has 0 aliphatic rings. The highest BCUT2D eigenvalue weighted by molar-refractivity contribution is 6.11. The molecular formula is C25H20FN3O2. The molecule has 0 saturated heterocycles. The van der Waals surface area contributed by atoms with Crippen molar-refractivity contribution in [1.82, 2.24) is 4.98 Å². The monoisotopic (exact) mass is 413 g/mol. The molecule has 0 saturated carbocycles. The number of anilines is 1. The predicted molar refractivity (Wildman–Crippen MR) is 121 cm³/mol. The Balaban J connectivity index is 1.96. The second-order valence-corrected chi connectivity index (χ2v) is 7.15. The van der Waals surface area contributed by atoms with Crippen molar-refractivity contribution in [2.24, 2.45) is 5.73 Å². The quantitative estimate of drug-likeness (QED) is 0.394. The maximum Gasteiger partial charge on any atom is 0.250 e. The van der Waals surface area contributed by atoms with Crippen molar-refractivity contribution in [3.05, 3.63) is 90.3 Å². The van der Waals surface area contributed by atoms with Crippen molar-refractivity contribution in [3.63, 3.8) is 0 Å². The second kappa shape index (κ2) is 7.91. The third-order valence-electron chi connectivity index (χ3n) is 5.29. The molecule has 1 aromatic heterocycles. The lowest BCUT2D eigenvalue weighted by atomic mass is 9.94. The normalized spacial score (nSPS) is 10.8. The third-order valence-corrected chi connectivity index (χ3v) is 5.29. The highest BCUT2D eigenvalue weighted by Crippen LogP contribution is 2.37. The summed E-state index contributed by atoms with van der Waals surface area (Å²) in [5.41, 5.74) is 10.5. The first-order chi connectivity index (χ1) is 14.9. The van der Waals surface area contributed by atoms with Gasteiger partial charge in [0.2, 0.25) is 5.91 Å². The molecule has 0 bridgehead atoms. The molecule has 154 valence electrons. The fourth-order valence-corrected chi connectivity index (χ4v) is 3.73. The van der Waals surface area contributed by atoms with Gasteiger partial charge in [-0.15, -0.1) is 0 Å². The van der Waals surface area contributed by atoms with Gasteiger partial charge < -0.3 is 16.0 Å². The molecule has 0 unspecified atom stereocenters. The molecule has 1 heterocycles. The van der Waals surface area contributed by atoms with Crippen LogP contribution in [0.2, 0.25) is 0 Å². The van der Waals surface area contributed by atoms with Crippen molar-refractivity contribution in [3.8, 4) is 22.4 Å². The van der Waals surface area contributed by atoms with Gasteiger partial charge in [-0.3, -0.25) is 9.59 Å². The van der Waals surface area contributed by atoms with Crippen LogP contribution in [0.5, 0.6) is 0 Å². The summed E-state index contributed by atoms with van der Waals surface area (Å²) >= 11 is 0. The SMILES string of the molecule is C=CC(=O)Nc1cccc(-c2ccc(C(N)=O)c3[nH]c(-c4ccccc4F)cc23)c1C. The maximum absolute atomic E-state index is 14.4. The summed E-state index contributed by atoms with van der Waals surface area (Å²) in [6.45, 7) is 5.38. The molecule has 0 fully saturated rings. The van der Waals surface area contributed by atoms with E-state index in [4.69, 9.17) is 5.73 Å². The van der Waals surface area contributed by atoms with Crippen LogP contribution in [0, 0.1) is 12.7 Å². The van der Waals surface area contributed by atoms with Crippen LogP contribution in [0.1, 0.15) is 15.9 Å². The summed E-state index contributed by atoms with van der Waals surface area (Å²) in [6.07, 6.45) is 1.21. The lowest BCUT2D eigenvalue weighted by Crippen LogP contribution is -2.11. The van der Waals surface area contributed by atoms with Crippen molar-refractivity contribution in [1.29, 1.82) is 0 Å². The molecule has 0 aliphatic heterocycles. The first kappa shape index (κ1) is 20.1. The van der Waals surface area contributed by atoms with Crippen LogP contribution in [0.3, 0.4) is 0 Å². The maximum atomic E-state index is 14.4. The summed E-state index contributed by atoms with van der Waals surface area (Å²) in [4.78, 5) is 27.0. The first-order valence-electron chi connectivity index (χ1n) is 9.64. The van der Waals surface area contributed by atoms with E-state index < -0.39 is 5.91 Å². The number of H-pyrrole nitrogens is 1. The number of hydrogen-bond donors (Lipinski definition) is 3. The number of nitrogens with two attached hydrogens (primary N) is 1. The molecule has 4 aromatic rings. The van der Waals surface area contributed by atoms with Gasteiger partial charge in [0, 0.05) is 22.3 Å². The zero-order valence-corrected chi connectivity index (χ0v) is 16.8. The molecule has 31 heavy (non-hydrogen) atoms. The van der Waals surface area contributed by atoms with Gasteiger partial charge in [-0.05, 0) is 60.0 Å². The molecule has 5 nitrogen and oxygen atoms in total. The Bertz CT molecular complexity index is 1350. The molecule has 6 heteroatoms. The lowest BCUT2D eigenvalue weighted by molar-refractivity contribution is -0.111. The molecule has 0 atom stereocenters. The predicted octanol–water partition coefficient (Wildman–Crippen LogP) is 5.17. The molecule has 3 aromatic carbocycles. The number of aromatic amines is 1. The molecular weight excluding hydrogens is 393 g/mol. The molecule has 0 aliphatic carbocycles. The number of amides is 2. The molecule has 0 radical (unpaired) electrons. The Morgan fingerprint density at radius 1 is 1.03 bits per heavy atom. The topological polar surface area (TPSA) is 88.0 Å².